The first kappa shape index (κ1) is 16.9. The van der Waals surface area contributed by atoms with E-state index in [0.29, 0.717) is 28.8 Å². The van der Waals surface area contributed by atoms with Gasteiger partial charge < -0.3 is 20.5 Å². The van der Waals surface area contributed by atoms with Gasteiger partial charge in [-0.2, -0.15) is 0 Å². The third kappa shape index (κ3) is 4.50. The smallest absolute Gasteiger partial charge is 0.256 e. The van der Waals surface area contributed by atoms with Gasteiger partial charge in [-0.15, -0.1) is 0 Å². The van der Waals surface area contributed by atoms with Crippen molar-refractivity contribution >= 4 is 23.2 Å². The van der Waals surface area contributed by atoms with Crippen LogP contribution in [-0.2, 0) is 11.2 Å². The lowest BCUT2D eigenvalue weighted by molar-refractivity contribution is -0.118. The number of aromatic nitrogens is 1. The molecule has 23 heavy (non-hydrogen) atoms. The molecule has 0 aliphatic heterocycles. The molecule has 122 valence electrons. The first-order valence-corrected chi connectivity index (χ1v) is 7.29. The lowest BCUT2D eigenvalue weighted by Crippen LogP contribution is -2.37. The lowest BCUT2D eigenvalue weighted by Gasteiger charge is -2.17. The molecule has 1 aromatic heterocycles. The summed E-state index contributed by atoms with van der Waals surface area (Å²) in [6.45, 7) is 0. The number of hydrogen-bond acceptors (Lipinski definition) is 5. The second kappa shape index (κ2) is 7.69. The number of nitrogens with two attached hydrogens (primary N) is 1. The molecule has 0 aliphatic rings. The summed E-state index contributed by atoms with van der Waals surface area (Å²) in [6.07, 6.45) is 1.99. The summed E-state index contributed by atoms with van der Waals surface area (Å²) in [5.41, 5.74) is 7.04. The lowest BCUT2D eigenvalue weighted by atomic mass is 10.1. The van der Waals surface area contributed by atoms with Crippen molar-refractivity contribution in [2.45, 2.75) is 12.5 Å². The number of rotatable bonds is 7. The van der Waals surface area contributed by atoms with Gasteiger partial charge in [0.25, 0.3) is 5.88 Å². The largest absolute Gasteiger partial charge is 0.491 e. The van der Waals surface area contributed by atoms with Crippen LogP contribution in [0.2, 0.25) is 5.02 Å². The molecule has 2 aromatic rings. The van der Waals surface area contributed by atoms with E-state index in [1.165, 1.54) is 14.2 Å². The molecule has 0 spiro atoms. The summed E-state index contributed by atoms with van der Waals surface area (Å²) in [5.74, 6) is 0.369. The monoisotopic (exact) mass is 335 g/mol. The van der Waals surface area contributed by atoms with Crippen LogP contribution < -0.4 is 20.5 Å². The Morgan fingerprint density at radius 2 is 2.00 bits per heavy atom. The summed E-state index contributed by atoms with van der Waals surface area (Å²) in [5, 5.41) is 3.70. The minimum absolute atomic E-state index is 0.367. The second-order valence-electron chi connectivity index (χ2n) is 4.87. The minimum atomic E-state index is -0.587. The normalized spacial score (nSPS) is 11.6. The number of amides is 1. The molecular weight excluding hydrogens is 318 g/mol. The molecule has 7 heteroatoms. The fourth-order valence-electron chi connectivity index (χ4n) is 2.09. The Kier molecular flexibility index (Phi) is 5.65. The number of anilines is 1. The van der Waals surface area contributed by atoms with Crippen LogP contribution in [-0.4, -0.2) is 31.2 Å². The Balaban J connectivity index is 2.16. The zero-order valence-electron chi connectivity index (χ0n) is 12.9. The molecule has 1 amide bonds. The summed E-state index contributed by atoms with van der Waals surface area (Å²) >= 11 is 5.86. The summed E-state index contributed by atoms with van der Waals surface area (Å²) in [6, 6.07) is 8.36. The van der Waals surface area contributed by atoms with Crippen LogP contribution >= 0.6 is 11.6 Å². The van der Waals surface area contributed by atoms with E-state index in [1.54, 1.807) is 24.4 Å². The van der Waals surface area contributed by atoms with Gasteiger partial charge in [0.1, 0.15) is 6.04 Å². The topological polar surface area (TPSA) is 86.5 Å². The number of methoxy groups -OCH3 is 2. The van der Waals surface area contributed by atoms with Gasteiger partial charge >= 0.3 is 0 Å². The van der Waals surface area contributed by atoms with Crippen LogP contribution in [0, 0.1) is 0 Å². The van der Waals surface area contributed by atoms with Gasteiger partial charge in [-0.05, 0) is 17.7 Å². The maximum absolute atomic E-state index is 11.7. The Morgan fingerprint density at radius 1 is 1.30 bits per heavy atom. The highest BCUT2D eigenvalue weighted by Crippen LogP contribution is 2.27. The predicted octanol–water partition coefficient (Wildman–Crippen LogP) is 2.26. The van der Waals surface area contributed by atoms with E-state index in [-0.39, 0.29) is 0 Å². The number of carbonyl (C=O) groups is 1. The van der Waals surface area contributed by atoms with Gasteiger partial charge in [-0.25, -0.2) is 4.98 Å². The molecule has 0 saturated heterocycles. The van der Waals surface area contributed by atoms with Crippen LogP contribution in [0.4, 0.5) is 5.69 Å². The zero-order valence-corrected chi connectivity index (χ0v) is 13.6. The highest BCUT2D eigenvalue weighted by atomic mass is 35.5. The number of hydrogen-bond donors (Lipinski definition) is 2. The van der Waals surface area contributed by atoms with E-state index in [2.05, 4.69) is 10.3 Å². The van der Waals surface area contributed by atoms with Crippen molar-refractivity contribution in [3.05, 3.63) is 47.1 Å². The number of ether oxygens (including phenoxy) is 2. The molecule has 6 nitrogen and oxygen atoms in total. The molecule has 0 fully saturated rings. The quantitative estimate of drug-likeness (QED) is 0.810. The molecule has 1 aromatic carbocycles. The fraction of sp³-hybridized carbons (Fsp3) is 0.250. The third-order valence-electron chi connectivity index (χ3n) is 3.27. The van der Waals surface area contributed by atoms with Crippen molar-refractivity contribution in [1.29, 1.82) is 0 Å². The summed E-state index contributed by atoms with van der Waals surface area (Å²) in [7, 11) is 3.02. The zero-order chi connectivity index (χ0) is 16.8. The van der Waals surface area contributed by atoms with Crippen molar-refractivity contribution in [2.75, 3.05) is 19.5 Å². The predicted molar refractivity (Wildman–Crippen MR) is 89.1 cm³/mol. The Hall–Kier alpha value is -2.47. The van der Waals surface area contributed by atoms with Crippen molar-refractivity contribution in [2.24, 2.45) is 5.73 Å². The van der Waals surface area contributed by atoms with Gasteiger partial charge in [0.15, 0.2) is 5.75 Å². The van der Waals surface area contributed by atoms with Gasteiger partial charge in [-0.1, -0.05) is 23.7 Å². The minimum Gasteiger partial charge on any atom is -0.491 e. The standard InChI is InChI=1S/C16H18ClN3O3/c1-22-14-8-12(9-19-16(14)23-2)20-13(15(18)21)7-10-3-5-11(17)6-4-10/h3-6,8-9,13,20H,7H2,1-2H3,(H2,18,21). The summed E-state index contributed by atoms with van der Waals surface area (Å²) < 4.78 is 10.3. The highest BCUT2D eigenvalue weighted by molar-refractivity contribution is 6.30. The van der Waals surface area contributed by atoms with Gasteiger partial charge in [-0.3, -0.25) is 4.79 Å². The van der Waals surface area contributed by atoms with Crippen molar-refractivity contribution < 1.29 is 14.3 Å². The first-order valence-electron chi connectivity index (χ1n) is 6.91. The van der Waals surface area contributed by atoms with Crippen LogP contribution in [0.1, 0.15) is 5.56 Å². The molecule has 3 N–H and O–H groups in total. The number of carbonyl (C=O) groups excluding carboxylic acids is 1. The molecule has 0 saturated carbocycles. The van der Waals surface area contributed by atoms with Crippen LogP contribution in [0.5, 0.6) is 11.6 Å². The average Bonchev–Trinajstić information content (AvgIpc) is 2.55. The number of halogens is 1. The molecule has 0 aliphatic carbocycles. The number of primary amides is 1. The van der Waals surface area contributed by atoms with E-state index in [4.69, 9.17) is 26.8 Å². The Morgan fingerprint density at radius 3 is 2.57 bits per heavy atom. The average molecular weight is 336 g/mol. The maximum atomic E-state index is 11.7. The van der Waals surface area contributed by atoms with E-state index >= 15 is 0 Å². The first-order chi connectivity index (χ1) is 11.0. The molecule has 1 heterocycles. The Bertz CT molecular complexity index is 677. The van der Waals surface area contributed by atoms with Crippen molar-refractivity contribution in [3.8, 4) is 11.6 Å². The van der Waals surface area contributed by atoms with Crippen LogP contribution in [0.15, 0.2) is 36.5 Å². The van der Waals surface area contributed by atoms with E-state index in [9.17, 15) is 4.79 Å². The SMILES string of the molecule is COc1cc(NC(Cc2ccc(Cl)cc2)C(N)=O)cnc1OC. The molecule has 1 atom stereocenters. The van der Waals surface area contributed by atoms with Gasteiger partial charge in [0, 0.05) is 17.5 Å². The molecule has 0 bridgehead atoms. The van der Waals surface area contributed by atoms with E-state index in [1.807, 2.05) is 12.1 Å². The number of nitrogens with zero attached hydrogens (tertiary/aromatic N) is 1. The Labute approximate surface area is 139 Å². The molecular formula is C16H18ClN3O3. The number of benzene rings is 1. The third-order valence-corrected chi connectivity index (χ3v) is 3.52. The van der Waals surface area contributed by atoms with E-state index < -0.39 is 11.9 Å². The number of nitrogens with one attached hydrogen (secondary N) is 1. The highest BCUT2D eigenvalue weighted by Gasteiger charge is 2.17. The number of pyridine rings is 1. The molecule has 1 unspecified atom stereocenters. The summed E-state index contributed by atoms with van der Waals surface area (Å²) in [4.78, 5) is 15.8. The van der Waals surface area contributed by atoms with E-state index in [0.717, 1.165) is 5.56 Å². The molecule has 0 radical (unpaired) electrons. The van der Waals surface area contributed by atoms with Gasteiger partial charge in [0.05, 0.1) is 26.1 Å². The second-order valence-corrected chi connectivity index (χ2v) is 5.30. The van der Waals surface area contributed by atoms with Crippen molar-refractivity contribution in [1.82, 2.24) is 4.98 Å². The molecule has 2 rings (SSSR count). The van der Waals surface area contributed by atoms with Crippen molar-refractivity contribution in [3.63, 3.8) is 0 Å². The van der Waals surface area contributed by atoms with Crippen LogP contribution in [0.25, 0.3) is 0 Å². The van der Waals surface area contributed by atoms with Crippen LogP contribution in [0.3, 0.4) is 0 Å². The van der Waals surface area contributed by atoms with Gasteiger partial charge in [0.2, 0.25) is 5.91 Å². The fourth-order valence-corrected chi connectivity index (χ4v) is 2.22. The maximum Gasteiger partial charge on any atom is 0.256 e.